The minimum Gasteiger partial charge on any atom is -0.338 e. The van der Waals surface area contributed by atoms with E-state index >= 15 is 0 Å². The fourth-order valence-corrected chi connectivity index (χ4v) is 2.14. The van der Waals surface area contributed by atoms with Crippen LogP contribution in [0.2, 0.25) is 0 Å². The second-order valence-corrected chi connectivity index (χ2v) is 5.12. The second kappa shape index (κ2) is 4.62. The second-order valence-electron chi connectivity index (χ2n) is 4.21. The maximum Gasteiger partial charge on any atom is 0.234 e. The zero-order valence-corrected chi connectivity index (χ0v) is 11.0. The highest BCUT2D eigenvalue weighted by Crippen LogP contribution is 2.27. The zero-order valence-electron chi connectivity index (χ0n) is 9.45. The first-order valence-electron chi connectivity index (χ1n) is 5.62. The van der Waals surface area contributed by atoms with Gasteiger partial charge in [0.25, 0.3) is 0 Å². The first-order chi connectivity index (χ1) is 8.72. The molecule has 2 N–H and O–H groups in total. The van der Waals surface area contributed by atoms with Crippen LogP contribution in [0.15, 0.2) is 39.5 Å². The Bertz CT molecular complexity index is 578. The lowest BCUT2D eigenvalue weighted by Crippen LogP contribution is -2.14. The Morgan fingerprint density at radius 3 is 2.89 bits per heavy atom. The number of nitrogens with two attached hydrogens (primary N) is 1. The van der Waals surface area contributed by atoms with E-state index in [1.807, 2.05) is 24.3 Å². The van der Waals surface area contributed by atoms with Crippen molar-refractivity contribution in [3.63, 3.8) is 0 Å². The predicted molar refractivity (Wildman–Crippen MR) is 69.7 cm³/mol. The molecule has 2 atom stereocenters. The van der Waals surface area contributed by atoms with Gasteiger partial charge in [-0.05, 0) is 34.5 Å². The first-order valence-corrected chi connectivity index (χ1v) is 6.41. The molecule has 0 aliphatic heterocycles. The minimum absolute atomic E-state index is 0.0798. The zero-order chi connectivity index (χ0) is 12.5. The summed E-state index contributed by atoms with van der Waals surface area (Å²) < 4.78 is 6.18. The van der Waals surface area contributed by atoms with Crippen molar-refractivity contribution in [2.24, 2.45) is 5.73 Å². The van der Waals surface area contributed by atoms with Gasteiger partial charge in [0.05, 0.1) is 5.92 Å². The summed E-state index contributed by atoms with van der Waals surface area (Å²) in [7, 11) is 0. The maximum absolute atomic E-state index is 5.80. The molecule has 6 heteroatoms. The molecule has 0 aromatic carbocycles. The average Bonchev–Trinajstić information content (AvgIpc) is 2.98. The van der Waals surface area contributed by atoms with E-state index in [9.17, 15) is 0 Å². The van der Waals surface area contributed by atoms with Gasteiger partial charge in [0, 0.05) is 16.7 Å². The smallest absolute Gasteiger partial charge is 0.234 e. The van der Waals surface area contributed by atoms with E-state index in [-0.39, 0.29) is 12.0 Å². The topological polar surface area (TPSA) is 77.8 Å². The summed E-state index contributed by atoms with van der Waals surface area (Å²) in [4.78, 5) is 8.59. The van der Waals surface area contributed by atoms with Crippen LogP contribution < -0.4 is 5.73 Å². The molecule has 1 aliphatic carbocycles. The molecule has 1 aliphatic rings. The third-order valence-electron chi connectivity index (χ3n) is 2.83. The van der Waals surface area contributed by atoms with Crippen molar-refractivity contribution < 1.29 is 4.52 Å². The van der Waals surface area contributed by atoms with Crippen molar-refractivity contribution >= 4 is 15.9 Å². The molecule has 3 rings (SSSR count). The summed E-state index contributed by atoms with van der Waals surface area (Å²) in [5, 5.41) is 3.95. The SMILES string of the molecule is NC1C=CC(c2nc(-c3ccc(Br)cn3)no2)C1. The number of allylic oxidation sites excluding steroid dienone is 1. The van der Waals surface area contributed by atoms with Crippen molar-refractivity contribution in [2.75, 3.05) is 0 Å². The van der Waals surface area contributed by atoms with Crippen LogP contribution in [0.5, 0.6) is 0 Å². The monoisotopic (exact) mass is 306 g/mol. The highest BCUT2D eigenvalue weighted by Gasteiger charge is 2.23. The van der Waals surface area contributed by atoms with E-state index in [1.165, 1.54) is 0 Å². The van der Waals surface area contributed by atoms with Crippen molar-refractivity contribution in [3.8, 4) is 11.5 Å². The fourth-order valence-electron chi connectivity index (χ4n) is 1.91. The molecule has 0 spiro atoms. The molecule has 2 unspecified atom stereocenters. The fraction of sp³-hybridized carbons (Fsp3) is 0.250. The van der Waals surface area contributed by atoms with Crippen molar-refractivity contribution in [2.45, 2.75) is 18.4 Å². The molecule has 0 radical (unpaired) electrons. The number of hydrogen-bond donors (Lipinski definition) is 1. The van der Waals surface area contributed by atoms with Crippen LogP contribution in [0.1, 0.15) is 18.2 Å². The lowest BCUT2D eigenvalue weighted by molar-refractivity contribution is 0.364. The molecule has 0 amide bonds. The molecule has 0 fully saturated rings. The number of halogens is 1. The minimum atomic E-state index is 0.0798. The van der Waals surface area contributed by atoms with Gasteiger partial charge in [0.15, 0.2) is 0 Å². The van der Waals surface area contributed by atoms with Crippen molar-refractivity contribution in [3.05, 3.63) is 40.8 Å². The Morgan fingerprint density at radius 2 is 2.22 bits per heavy atom. The third kappa shape index (κ3) is 2.21. The lowest BCUT2D eigenvalue weighted by Gasteiger charge is -2.01. The summed E-state index contributed by atoms with van der Waals surface area (Å²) in [5.41, 5.74) is 6.50. The quantitative estimate of drug-likeness (QED) is 0.861. The van der Waals surface area contributed by atoms with Gasteiger partial charge < -0.3 is 10.3 Å². The van der Waals surface area contributed by atoms with Gasteiger partial charge in [-0.25, -0.2) is 0 Å². The number of hydrogen-bond acceptors (Lipinski definition) is 5. The van der Waals surface area contributed by atoms with Crippen LogP contribution in [0, 0.1) is 0 Å². The number of pyridine rings is 1. The van der Waals surface area contributed by atoms with Gasteiger partial charge in [-0.3, -0.25) is 4.98 Å². The molecule has 0 saturated carbocycles. The largest absolute Gasteiger partial charge is 0.338 e. The van der Waals surface area contributed by atoms with Crippen molar-refractivity contribution in [1.82, 2.24) is 15.1 Å². The summed E-state index contributed by atoms with van der Waals surface area (Å²) in [6.07, 6.45) is 6.50. The number of rotatable bonds is 2. The van der Waals surface area contributed by atoms with Gasteiger partial charge in [-0.2, -0.15) is 4.98 Å². The van der Waals surface area contributed by atoms with Crippen LogP contribution in [0.25, 0.3) is 11.5 Å². The van der Waals surface area contributed by atoms with Gasteiger partial charge in [-0.15, -0.1) is 0 Å². The normalized spacial score (nSPS) is 22.6. The van der Waals surface area contributed by atoms with Crippen LogP contribution in [0.4, 0.5) is 0 Å². The maximum atomic E-state index is 5.80. The van der Waals surface area contributed by atoms with Crippen LogP contribution >= 0.6 is 15.9 Å². The molecule has 92 valence electrons. The Balaban J connectivity index is 1.85. The third-order valence-corrected chi connectivity index (χ3v) is 3.30. The van der Waals surface area contributed by atoms with E-state index in [0.29, 0.717) is 17.4 Å². The Labute approximate surface area is 112 Å². The van der Waals surface area contributed by atoms with Crippen molar-refractivity contribution in [1.29, 1.82) is 0 Å². The number of nitrogens with zero attached hydrogens (tertiary/aromatic N) is 3. The van der Waals surface area contributed by atoms with E-state index in [0.717, 1.165) is 10.9 Å². The summed E-state index contributed by atoms with van der Waals surface area (Å²) in [6.45, 7) is 0. The molecule has 2 aromatic heterocycles. The first kappa shape index (κ1) is 11.6. The summed E-state index contributed by atoms with van der Waals surface area (Å²) in [6, 6.07) is 3.81. The Morgan fingerprint density at radius 1 is 1.33 bits per heavy atom. The number of aromatic nitrogens is 3. The average molecular weight is 307 g/mol. The molecule has 2 aromatic rings. The predicted octanol–water partition coefficient (Wildman–Crippen LogP) is 2.26. The van der Waals surface area contributed by atoms with E-state index < -0.39 is 0 Å². The molecule has 0 bridgehead atoms. The van der Waals surface area contributed by atoms with E-state index in [4.69, 9.17) is 10.3 Å². The standard InChI is InChI=1S/C12H11BrN4O/c13-8-2-4-10(15-6-8)11-16-12(18-17-11)7-1-3-9(14)5-7/h1-4,6-7,9H,5,14H2. The molecule has 0 saturated heterocycles. The van der Waals surface area contributed by atoms with Gasteiger partial charge in [0.2, 0.25) is 11.7 Å². The van der Waals surface area contributed by atoms with Crippen LogP contribution in [-0.2, 0) is 0 Å². The Kier molecular flexibility index (Phi) is 2.97. The highest BCUT2D eigenvalue weighted by atomic mass is 79.9. The molecular formula is C12H11BrN4O. The van der Waals surface area contributed by atoms with Gasteiger partial charge in [-0.1, -0.05) is 17.3 Å². The molecule has 2 heterocycles. The van der Waals surface area contributed by atoms with Crippen LogP contribution in [0.3, 0.4) is 0 Å². The molecule has 5 nitrogen and oxygen atoms in total. The van der Waals surface area contributed by atoms with E-state index in [2.05, 4.69) is 31.1 Å². The van der Waals surface area contributed by atoms with E-state index in [1.54, 1.807) is 6.20 Å². The Hall–Kier alpha value is -1.53. The highest BCUT2D eigenvalue weighted by molar-refractivity contribution is 9.10. The van der Waals surface area contributed by atoms with Crippen LogP contribution in [-0.4, -0.2) is 21.2 Å². The molecular weight excluding hydrogens is 296 g/mol. The lowest BCUT2D eigenvalue weighted by atomic mass is 10.1. The summed E-state index contributed by atoms with van der Waals surface area (Å²) >= 11 is 3.33. The summed E-state index contributed by atoms with van der Waals surface area (Å²) in [5.74, 6) is 1.22. The van der Waals surface area contributed by atoms with Gasteiger partial charge >= 0.3 is 0 Å². The molecule has 18 heavy (non-hydrogen) atoms. The van der Waals surface area contributed by atoms with Gasteiger partial charge in [0.1, 0.15) is 5.69 Å².